The summed E-state index contributed by atoms with van der Waals surface area (Å²) >= 11 is 0. The summed E-state index contributed by atoms with van der Waals surface area (Å²) in [6, 6.07) is 12.6. The fourth-order valence-electron chi connectivity index (χ4n) is 6.01. The summed E-state index contributed by atoms with van der Waals surface area (Å²) in [7, 11) is 1.56. The van der Waals surface area contributed by atoms with Crippen LogP contribution in [0.5, 0.6) is 0 Å². The molecule has 2 aromatic carbocycles. The van der Waals surface area contributed by atoms with Gasteiger partial charge in [-0.2, -0.15) is 5.26 Å². The maximum Gasteiger partial charge on any atom is 0.252 e. The average molecular weight is 544 g/mol. The Morgan fingerprint density at radius 3 is 2.40 bits per heavy atom. The van der Waals surface area contributed by atoms with Crippen LogP contribution in [0.25, 0.3) is 0 Å². The van der Waals surface area contributed by atoms with E-state index in [0.29, 0.717) is 17.7 Å². The van der Waals surface area contributed by atoms with Crippen molar-refractivity contribution in [2.75, 3.05) is 18.9 Å². The number of amides is 4. The van der Waals surface area contributed by atoms with Crippen molar-refractivity contribution in [1.82, 2.24) is 15.1 Å². The minimum atomic E-state index is -1.01. The second-order valence-corrected chi connectivity index (χ2v) is 11.5. The molecule has 1 spiro atoms. The van der Waals surface area contributed by atoms with Crippen LogP contribution < -0.4 is 10.6 Å². The monoisotopic (exact) mass is 543 g/mol. The Hall–Kier alpha value is -4.19. The third-order valence-electron chi connectivity index (χ3n) is 8.14. The smallest absolute Gasteiger partial charge is 0.252 e. The number of anilines is 1. The molecule has 4 amide bonds. The highest BCUT2D eigenvalue weighted by atomic mass is 16.2. The van der Waals surface area contributed by atoms with Crippen LogP contribution in [0, 0.1) is 31.1 Å². The van der Waals surface area contributed by atoms with Gasteiger partial charge in [0.15, 0.2) is 0 Å². The molecule has 0 bridgehead atoms. The van der Waals surface area contributed by atoms with E-state index in [1.54, 1.807) is 14.0 Å². The van der Waals surface area contributed by atoms with Crippen molar-refractivity contribution in [3.8, 4) is 6.07 Å². The van der Waals surface area contributed by atoms with Crippen molar-refractivity contribution >= 4 is 29.3 Å². The first-order valence-corrected chi connectivity index (χ1v) is 13.7. The Morgan fingerprint density at radius 1 is 1.12 bits per heavy atom. The lowest BCUT2D eigenvalue weighted by atomic mass is 9.80. The lowest BCUT2D eigenvalue weighted by Gasteiger charge is -2.34. The fourth-order valence-corrected chi connectivity index (χ4v) is 6.01. The third-order valence-corrected chi connectivity index (χ3v) is 8.14. The molecule has 40 heavy (non-hydrogen) atoms. The first kappa shape index (κ1) is 28.8. The van der Waals surface area contributed by atoms with E-state index in [-0.39, 0.29) is 36.6 Å². The predicted octanol–water partition coefficient (Wildman–Crippen LogP) is 3.31. The molecule has 0 aromatic heterocycles. The fraction of sp³-hybridized carbons (Fsp3) is 0.452. The number of para-hydroxylation sites is 1. The quantitative estimate of drug-likeness (QED) is 0.555. The van der Waals surface area contributed by atoms with Crippen LogP contribution in [0.15, 0.2) is 42.5 Å². The highest BCUT2D eigenvalue weighted by molar-refractivity contribution is 6.07. The molecule has 1 saturated heterocycles. The Labute approximate surface area is 235 Å². The minimum absolute atomic E-state index is 0.0579. The van der Waals surface area contributed by atoms with Crippen molar-refractivity contribution in [3.63, 3.8) is 0 Å². The summed E-state index contributed by atoms with van der Waals surface area (Å²) < 4.78 is 0. The highest BCUT2D eigenvalue weighted by Gasteiger charge is 2.56. The molecule has 2 aliphatic rings. The normalized spacial score (nSPS) is 21.0. The Balaban J connectivity index is 1.57. The number of hydrogen-bond donors (Lipinski definition) is 2. The van der Waals surface area contributed by atoms with E-state index < -0.39 is 29.4 Å². The minimum Gasteiger partial charge on any atom is -0.341 e. The molecule has 210 valence electrons. The first-order chi connectivity index (χ1) is 18.9. The van der Waals surface area contributed by atoms with Gasteiger partial charge in [0.05, 0.1) is 11.5 Å². The lowest BCUT2D eigenvalue weighted by molar-refractivity contribution is -0.146. The summed E-state index contributed by atoms with van der Waals surface area (Å²) in [5, 5.41) is 15.7. The number of nitriles is 1. The standard InChI is InChI=1S/C31H37N5O4/c1-18(2)14-25(35(6)28(38)21(5)33-27(37)26-19(3)10-9-11-20(26)4)29(39)36-17-31(15-22(36)16-32)23-12-7-8-13-24(23)34-30(31)40/h7-13,18,21-22,25H,14-15,17H2,1-6H3,(H,33,37)(H,34,40)/t21-,22-,25-,31-/m0/s1. The molecule has 2 aliphatic heterocycles. The zero-order valence-corrected chi connectivity index (χ0v) is 23.9. The number of rotatable bonds is 7. The predicted molar refractivity (Wildman–Crippen MR) is 151 cm³/mol. The van der Waals surface area contributed by atoms with Crippen LogP contribution in [-0.2, 0) is 19.8 Å². The SMILES string of the molecule is Cc1cccc(C)c1C(=O)N[C@@H](C)C(=O)N(C)[C@@H](CC(C)C)C(=O)N1C[C@]2(C[C@H]1C#N)C(=O)Nc1ccccc12. The van der Waals surface area contributed by atoms with Crippen LogP contribution in [-0.4, -0.2) is 65.1 Å². The molecule has 2 heterocycles. The molecule has 1 fully saturated rings. The third kappa shape index (κ3) is 5.06. The topological polar surface area (TPSA) is 123 Å². The lowest BCUT2D eigenvalue weighted by Crippen LogP contribution is -2.55. The van der Waals surface area contributed by atoms with Gasteiger partial charge in [0, 0.05) is 31.3 Å². The Kier molecular flexibility index (Phi) is 8.01. The van der Waals surface area contributed by atoms with Gasteiger partial charge in [-0.15, -0.1) is 0 Å². The molecular weight excluding hydrogens is 506 g/mol. The molecule has 0 radical (unpaired) electrons. The highest BCUT2D eigenvalue weighted by Crippen LogP contribution is 2.46. The zero-order valence-electron chi connectivity index (χ0n) is 23.9. The Morgan fingerprint density at radius 2 is 1.77 bits per heavy atom. The maximum absolute atomic E-state index is 14.1. The van der Waals surface area contributed by atoms with E-state index in [2.05, 4.69) is 16.7 Å². The summed E-state index contributed by atoms with van der Waals surface area (Å²) in [6.07, 6.45) is 0.551. The van der Waals surface area contributed by atoms with Gasteiger partial charge in [-0.25, -0.2) is 0 Å². The number of benzene rings is 2. The van der Waals surface area contributed by atoms with E-state index in [1.165, 1.54) is 9.80 Å². The second-order valence-electron chi connectivity index (χ2n) is 11.5. The number of likely N-dealkylation sites (N-methyl/N-ethyl adjacent to an activating group) is 1. The number of hydrogen-bond acceptors (Lipinski definition) is 5. The molecule has 4 atom stereocenters. The van der Waals surface area contributed by atoms with E-state index >= 15 is 0 Å². The Bertz CT molecular complexity index is 1380. The first-order valence-electron chi connectivity index (χ1n) is 13.7. The van der Waals surface area contributed by atoms with Gasteiger partial charge in [0.2, 0.25) is 17.7 Å². The number of nitrogens with one attached hydrogen (secondary N) is 2. The van der Waals surface area contributed by atoms with E-state index in [9.17, 15) is 24.4 Å². The van der Waals surface area contributed by atoms with Gasteiger partial charge < -0.3 is 20.4 Å². The van der Waals surface area contributed by atoms with Crippen molar-refractivity contribution in [2.24, 2.45) is 5.92 Å². The van der Waals surface area contributed by atoms with Crippen molar-refractivity contribution < 1.29 is 19.2 Å². The molecule has 0 saturated carbocycles. The molecule has 4 rings (SSSR count). The van der Waals surface area contributed by atoms with Gasteiger partial charge in [-0.3, -0.25) is 19.2 Å². The number of aryl methyl sites for hydroxylation is 2. The van der Waals surface area contributed by atoms with Crippen LogP contribution in [0.1, 0.15) is 60.7 Å². The molecule has 9 heteroatoms. The van der Waals surface area contributed by atoms with E-state index in [1.807, 2.05) is 70.2 Å². The van der Waals surface area contributed by atoms with Crippen LogP contribution in [0.2, 0.25) is 0 Å². The summed E-state index contributed by atoms with van der Waals surface area (Å²) in [4.78, 5) is 56.7. The van der Waals surface area contributed by atoms with Gasteiger partial charge in [-0.1, -0.05) is 50.2 Å². The van der Waals surface area contributed by atoms with Crippen molar-refractivity contribution in [2.45, 2.75) is 71.0 Å². The van der Waals surface area contributed by atoms with Crippen LogP contribution >= 0.6 is 0 Å². The molecule has 2 aromatic rings. The summed E-state index contributed by atoms with van der Waals surface area (Å²) in [5.74, 6) is -1.30. The molecular formula is C31H37N5O4. The summed E-state index contributed by atoms with van der Waals surface area (Å²) in [5.41, 5.74) is 2.60. The van der Waals surface area contributed by atoms with Crippen molar-refractivity contribution in [1.29, 1.82) is 5.26 Å². The molecule has 0 aliphatic carbocycles. The molecule has 9 nitrogen and oxygen atoms in total. The maximum atomic E-state index is 14.1. The van der Waals surface area contributed by atoms with Gasteiger partial charge in [-0.05, 0) is 55.9 Å². The molecule has 2 N–H and O–H groups in total. The average Bonchev–Trinajstić information content (AvgIpc) is 3.43. The van der Waals surface area contributed by atoms with Crippen molar-refractivity contribution in [3.05, 3.63) is 64.7 Å². The molecule has 0 unspecified atom stereocenters. The van der Waals surface area contributed by atoms with Gasteiger partial charge in [0.25, 0.3) is 5.91 Å². The van der Waals surface area contributed by atoms with Gasteiger partial charge in [0.1, 0.15) is 18.1 Å². The van der Waals surface area contributed by atoms with Crippen LogP contribution in [0.3, 0.4) is 0 Å². The number of fused-ring (bicyclic) bond motifs is 2. The largest absolute Gasteiger partial charge is 0.341 e. The number of nitrogens with zero attached hydrogens (tertiary/aromatic N) is 3. The number of likely N-dealkylation sites (tertiary alicyclic amines) is 1. The number of carbonyl (C=O) groups excluding carboxylic acids is 4. The zero-order chi connectivity index (χ0) is 29.4. The number of carbonyl (C=O) groups is 4. The second kappa shape index (κ2) is 11.1. The van der Waals surface area contributed by atoms with E-state index in [4.69, 9.17) is 0 Å². The van der Waals surface area contributed by atoms with E-state index in [0.717, 1.165) is 16.7 Å². The van der Waals surface area contributed by atoms with Gasteiger partial charge >= 0.3 is 0 Å². The van der Waals surface area contributed by atoms with Crippen LogP contribution in [0.4, 0.5) is 5.69 Å². The summed E-state index contributed by atoms with van der Waals surface area (Å²) in [6.45, 7) is 9.26.